The molecule has 0 saturated carbocycles. The highest BCUT2D eigenvalue weighted by molar-refractivity contribution is 5.37. The van der Waals surface area contributed by atoms with Gasteiger partial charge in [0.25, 0.3) is 0 Å². The molecule has 0 aliphatic heterocycles. The van der Waals surface area contributed by atoms with Crippen molar-refractivity contribution < 1.29 is 5.11 Å². The van der Waals surface area contributed by atoms with Crippen LogP contribution in [0.1, 0.15) is 69.9 Å². The molecule has 0 amide bonds. The number of hydrogen-bond donors (Lipinski definition) is 1. The van der Waals surface area contributed by atoms with Gasteiger partial charge >= 0.3 is 0 Å². The Labute approximate surface area is 111 Å². The van der Waals surface area contributed by atoms with Crippen molar-refractivity contribution in [1.82, 2.24) is 0 Å². The maximum absolute atomic E-state index is 11.0. The first-order chi connectivity index (χ1) is 8.53. The Morgan fingerprint density at radius 3 is 2.78 bits per heavy atom. The van der Waals surface area contributed by atoms with Crippen molar-refractivity contribution in [3.05, 3.63) is 35.4 Å². The Hall–Kier alpha value is -0.820. The number of aliphatic hydroxyl groups is 1. The van der Waals surface area contributed by atoms with E-state index in [9.17, 15) is 5.11 Å². The van der Waals surface area contributed by atoms with E-state index in [1.165, 1.54) is 17.5 Å². The average Bonchev–Trinajstić information content (AvgIpc) is 2.34. The lowest BCUT2D eigenvalue weighted by Crippen LogP contribution is -2.31. The summed E-state index contributed by atoms with van der Waals surface area (Å²) < 4.78 is 0. The van der Waals surface area contributed by atoms with Crippen molar-refractivity contribution >= 4 is 0 Å². The highest BCUT2D eigenvalue weighted by Crippen LogP contribution is 2.43. The molecule has 2 unspecified atom stereocenters. The lowest BCUT2D eigenvalue weighted by Gasteiger charge is -2.37. The van der Waals surface area contributed by atoms with E-state index >= 15 is 0 Å². The fraction of sp³-hybridized carbons (Fsp3) is 0.647. The van der Waals surface area contributed by atoms with Crippen LogP contribution in [0.4, 0.5) is 0 Å². The van der Waals surface area contributed by atoms with Gasteiger partial charge in [0.2, 0.25) is 0 Å². The molecule has 18 heavy (non-hydrogen) atoms. The van der Waals surface area contributed by atoms with Gasteiger partial charge in [0.1, 0.15) is 0 Å². The van der Waals surface area contributed by atoms with Crippen LogP contribution in [0.15, 0.2) is 24.3 Å². The Morgan fingerprint density at radius 2 is 2.06 bits per heavy atom. The minimum Gasteiger partial charge on any atom is -0.385 e. The molecule has 0 bridgehead atoms. The van der Waals surface area contributed by atoms with Crippen LogP contribution in [-0.2, 0) is 5.60 Å². The van der Waals surface area contributed by atoms with E-state index in [0.717, 1.165) is 31.6 Å². The van der Waals surface area contributed by atoms with E-state index in [1.807, 2.05) is 0 Å². The third-order valence-corrected chi connectivity index (χ3v) is 4.36. The SMILES string of the molecule is CC(C)CCCC1(O)CCC(C)c2ccccc21. The zero-order valence-electron chi connectivity index (χ0n) is 11.9. The first kappa shape index (κ1) is 13.6. The summed E-state index contributed by atoms with van der Waals surface area (Å²) in [6.07, 6.45) is 5.27. The summed E-state index contributed by atoms with van der Waals surface area (Å²) in [6, 6.07) is 8.46. The summed E-state index contributed by atoms with van der Waals surface area (Å²) in [5.74, 6) is 1.32. The molecule has 0 fully saturated rings. The van der Waals surface area contributed by atoms with Crippen LogP contribution in [0.25, 0.3) is 0 Å². The molecule has 1 aliphatic carbocycles. The summed E-state index contributed by atoms with van der Waals surface area (Å²) in [6.45, 7) is 6.77. The van der Waals surface area contributed by atoms with Crippen molar-refractivity contribution in [2.75, 3.05) is 0 Å². The third kappa shape index (κ3) is 2.77. The van der Waals surface area contributed by atoms with E-state index < -0.39 is 5.60 Å². The van der Waals surface area contributed by atoms with Gasteiger partial charge in [-0.3, -0.25) is 0 Å². The molecule has 2 rings (SSSR count). The van der Waals surface area contributed by atoms with Crippen LogP contribution in [0.2, 0.25) is 0 Å². The van der Waals surface area contributed by atoms with Gasteiger partial charge in [-0.15, -0.1) is 0 Å². The predicted octanol–water partition coefficient (Wildman–Crippen LogP) is 4.60. The first-order valence-electron chi connectivity index (χ1n) is 7.35. The minimum atomic E-state index is -0.571. The van der Waals surface area contributed by atoms with Crippen molar-refractivity contribution in [3.8, 4) is 0 Å². The smallest absolute Gasteiger partial charge is 0.0899 e. The van der Waals surface area contributed by atoms with Crippen molar-refractivity contribution in [3.63, 3.8) is 0 Å². The second-order valence-electron chi connectivity index (χ2n) is 6.34. The summed E-state index contributed by atoms with van der Waals surface area (Å²) in [4.78, 5) is 0. The Kier molecular flexibility index (Phi) is 4.11. The topological polar surface area (TPSA) is 20.2 Å². The Morgan fingerprint density at radius 1 is 1.33 bits per heavy atom. The monoisotopic (exact) mass is 246 g/mol. The van der Waals surface area contributed by atoms with Gasteiger partial charge < -0.3 is 5.11 Å². The van der Waals surface area contributed by atoms with E-state index in [0.29, 0.717) is 5.92 Å². The van der Waals surface area contributed by atoms with Crippen LogP contribution in [0.5, 0.6) is 0 Å². The standard InChI is InChI=1S/C17H26O/c1-13(2)7-6-11-17(18)12-10-14(3)15-8-4-5-9-16(15)17/h4-5,8-9,13-14,18H,6-7,10-12H2,1-3H3. The zero-order chi connectivity index (χ0) is 13.2. The maximum atomic E-state index is 11.0. The van der Waals surface area contributed by atoms with Crippen LogP contribution >= 0.6 is 0 Å². The highest BCUT2D eigenvalue weighted by Gasteiger charge is 2.35. The molecule has 1 aromatic carbocycles. The molecule has 1 nitrogen and oxygen atoms in total. The Bertz CT molecular complexity index is 396. The predicted molar refractivity (Wildman–Crippen MR) is 76.7 cm³/mol. The van der Waals surface area contributed by atoms with Crippen LogP contribution in [-0.4, -0.2) is 5.11 Å². The van der Waals surface area contributed by atoms with Crippen molar-refractivity contribution in [2.45, 2.75) is 64.4 Å². The third-order valence-electron chi connectivity index (χ3n) is 4.36. The van der Waals surface area contributed by atoms with Gasteiger partial charge in [-0.1, -0.05) is 51.5 Å². The van der Waals surface area contributed by atoms with Gasteiger partial charge in [-0.05, 0) is 48.6 Å². The average molecular weight is 246 g/mol. The quantitative estimate of drug-likeness (QED) is 0.823. The fourth-order valence-electron chi connectivity index (χ4n) is 3.16. The molecule has 0 radical (unpaired) electrons. The zero-order valence-corrected chi connectivity index (χ0v) is 11.9. The normalized spacial score (nSPS) is 27.3. The van der Waals surface area contributed by atoms with Gasteiger partial charge in [-0.25, -0.2) is 0 Å². The number of fused-ring (bicyclic) bond motifs is 1. The molecule has 1 aromatic rings. The molecule has 100 valence electrons. The molecule has 1 aliphatic rings. The fourth-order valence-corrected chi connectivity index (χ4v) is 3.16. The molecule has 0 spiro atoms. The number of hydrogen-bond acceptors (Lipinski definition) is 1. The minimum absolute atomic E-state index is 0.571. The van der Waals surface area contributed by atoms with Crippen LogP contribution in [0.3, 0.4) is 0 Å². The lowest BCUT2D eigenvalue weighted by atomic mass is 9.72. The molecule has 0 heterocycles. The van der Waals surface area contributed by atoms with E-state index in [-0.39, 0.29) is 0 Å². The van der Waals surface area contributed by atoms with Gasteiger partial charge in [0.15, 0.2) is 0 Å². The van der Waals surface area contributed by atoms with Crippen molar-refractivity contribution in [1.29, 1.82) is 0 Å². The molecular weight excluding hydrogens is 220 g/mol. The maximum Gasteiger partial charge on any atom is 0.0899 e. The summed E-state index contributed by atoms with van der Waals surface area (Å²) >= 11 is 0. The highest BCUT2D eigenvalue weighted by atomic mass is 16.3. The second-order valence-corrected chi connectivity index (χ2v) is 6.34. The summed E-state index contributed by atoms with van der Waals surface area (Å²) in [5, 5.41) is 11.0. The summed E-state index contributed by atoms with van der Waals surface area (Å²) in [7, 11) is 0. The summed E-state index contributed by atoms with van der Waals surface area (Å²) in [5.41, 5.74) is 1.97. The molecule has 1 N–H and O–H groups in total. The molecule has 1 heteroatoms. The molecule has 0 aromatic heterocycles. The first-order valence-corrected chi connectivity index (χ1v) is 7.35. The second kappa shape index (κ2) is 5.44. The van der Waals surface area contributed by atoms with E-state index in [4.69, 9.17) is 0 Å². The lowest BCUT2D eigenvalue weighted by molar-refractivity contribution is 0.00406. The van der Waals surface area contributed by atoms with E-state index in [1.54, 1.807) is 0 Å². The number of rotatable bonds is 4. The van der Waals surface area contributed by atoms with Gasteiger partial charge in [0.05, 0.1) is 5.60 Å². The molecule has 0 saturated heterocycles. The van der Waals surface area contributed by atoms with Crippen LogP contribution < -0.4 is 0 Å². The van der Waals surface area contributed by atoms with Gasteiger partial charge in [0, 0.05) is 0 Å². The Balaban J connectivity index is 2.16. The largest absolute Gasteiger partial charge is 0.385 e. The van der Waals surface area contributed by atoms with Gasteiger partial charge in [-0.2, -0.15) is 0 Å². The van der Waals surface area contributed by atoms with Crippen molar-refractivity contribution in [2.24, 2.45) is 5.92 Å². The molecule has 2 atom stereocenters. The van der Waals surface area contributed by atoms with Crippen LogP contribution in [0, 0.1) is 5.92 Å². The van der Waals surface area contributed by atoms with E-state index in [2.05, 4.69) is 45.0 Å². The number of benzene rings is 1. The molecular formula is C17H26O.